The van der Waals surface area contributed by atoms with Crippen molar-refractivity contribution in [2.45, 2.75) is 5.16 Å². The number of hydrogen-bond acceptors (Lipinski definition) is 8. The van der Waals surface area contributed by atoms with Crippen LogP contribution in [0.3, 0.4) is 0 Å². The minimum atomic E-state index is -0.592. The SMILES string of the molecule is Cn1c(SCC(=O)NN=Cc2cc([N+](=O)[O-])ccc2O)nnc1-c1ccc(Cl)cc1. The summed E-state index contributed by atoms with van der Waals surface area (Å²) < 4.78 is 1.76. The van der Waals surface area contributed by atoms with Gasteiger partial charge in [0, 0.05) is 35.3 Å². The second-order valence-corrected chi connectivity index (χ2v) is 7.33. The number of hydrazone groups is 1. The van der Waals surface area contributed by atoms with Crippen molar-refractivity contribution < 1.29 is 14.8 Å². The van der Waals surface area contributed by atoms with Crippen LogP contribution >= 0.6 is 23.4 Å². The highest BCUT2D eigenvalue weighted by molar-refractivity contribution is 7.99. The van der Waals surface area contributed by atoms with E-state index in [1.54, 1.807) is 23.7 Å². The summed E-state index contributed by atoms with van der Waals surface area (Å²) in [6, 6.07) is 10.7. The molecule has 2 N–H and O–H groups in total. The average Bonchev–Trinajstić information content (AvgIpc) is 3.08. The molecule has 3 aromatic rings. The molecule has 0 unspecified atom stereocenters. The van der Waals surface area contributed by atoms with Gasteiger partial charge < -0.3 is 9.67 Å². The summed E-state index contributed by atoms with van der Waals surface area (Å²) in [5.41, 5.74) is 3.05. The summed E-state index contributed by atoms with van der Waals surface area (Å²) in [5.74, 6) is 0.0398. The Labute approximate surface area is 179 Å². The molecule has 1 heterocycles. The molecule has 12 heteroatoms. The smallest absolute Gasteiger partial charge is 0.270 e. The molecule has 0 fully saturated rings. The van der Waals surface area contributed by atoms with Crippen LogP contribution in [0.1, 0.15) is 5.56 Å². The Kier molecular flexibility index (Phi) is 6.65. The molecule has 0 aliphatic carbocycles. The minimum absolute atomic E-state index is 0.0187. The summed E-state index contributed by atoms with van der Waals surface area (Å²) in [6.07, 6.45) is 1.13. The summed E-state index contributed by atoms with van der Waals surface area (Å²) in [5, 5.41) is 33.6. The lowest BCUT2D eigenvalue weighted by molar-refractivity contribution is -0.384. The zero-order chi connectivity index (χ0) is 21.7. The number of non-ortho nitro benzene ring substituents is 1. The molecule has 0 bridgehead atoms. The molecule has 0 saturated heterocycles. The number of nitrogens with zero attached hydrogens (tertiary/aromatic N) is 5. The van der Waals surface area contributed by atoms with Gasteiger partial charge >= 0.3 is 0 Å². The lowest BCUT2D eigenvalue weighted by Crippen LogP contribution is -2.19. The van der Waals surface area contributed by atoms with Crippen LogP contribution in [0, 0.1) is 10.1 Å². The quantitative estimate of drug-likeness (QED) is 0.246. The largest absolute Gasteiger partial charge is 0.507 e. The zero-order valence-corrected chi connectivity index (χ0v) is 17.1. The number of rotatable bonds is 7. The number of nitrogens with one attached hydrogen (secondary N) is 1. The monoisotopic (exact) mass is 446 g/mol. The molecule has 0 aliphatic rings. The van der Waals surface area contributed by atoms with Gasteiger partial charge in [-0.15, -0.1) is 10.2 Å². The second-order valence-electron chi connectivity index (χ2n) is 5.95. The minimum Gasteiger partial charge on any atom is -0.507 e. The first-order valence-electron chi connectivity index (χ1n) is 8.42. The summed E-state index contributed by atoms with van der Waals surface area (Å²) in [7, 11) is 1.79. The molecular weight excluding hydrogens is 432 g/mol. The molecule has 30 heavy (non-hydrogen) atoms. The molecule has 2 aromatic carbocycles. The molecule has 0 aliphatic heterocycles. The number of aromatic nitrogens is 3. The Morgan fingerprint density at radius 1 is 1.33 bits per heavy atom. The number of benzene rings is 2. The molecular formula is C18H15ClN6O4S. The Bertz CT molecular complexity index is 1120. The highest BCUT2D eigenvalue weighted by Crippen LogP contribution is 2.24. The lowest BCUT2D eigenvalue weighted by Gasteiger charge is -2.04. The number of nitro benzene ring substituents is 1. The Balaban J connectivity index is 1.58. The molecule has 1 aromatic heterocycles. The predicted octanol–water partition coefficient (Wildman–Crippen LogP) is 2.99. The third-order valence-electron chi connectivity index (χ3n) is 3.88. The van der Waals surface area contributed by atoms with Crippen LogP contribution in [0.4, 0.5) is 5.69 Å². The van der Waals surface area contributed by atoms with Crippen LogP contribution in [0.2, 0.25) is 5.02 Å². The number of hydrogen-bond donors (Lipinski definition) is 2. The van der Waals surface area contributed by atoms with Crippen LogP contribution in [-0.4, -0.2) is 42.7 Å². The zero-order valence-electron chi connectivity index (χ0n) is 15.5. The van der Waals surface area contributed by atoms with E-state index in [0.717, 1.165) is 17.8 Å². The first kappa shape index (κ1) is 21.3. The number of nitro groups is 1. The molecule has 154 valence electrons. The van der Waals surface area contributed by atoms with E-state index >= 15 is 0 Å². The maximum atomic E-state index is 12.0. The van der Waals surface area contributed by atoms with E-state index in [0.29, 0.717) is 16.0 Å². The van der Waals surface area contributed by atoms with E-state index in [-0.39, 0.29) is 22.8 Å². The number of halogens is 1. The topological polar surface area (TPSA) is 136 Å². The Morgan fingerprint density at radius 3 is 2.77 bits per heavy atom. The fourth-order valence-corrected chi connectivity index (χ4v) is 3.22. The van der Waals surface area contributed by atoms with Gasteiger partial charge in [-0.05, 0) is 30.3 Å². The van der Waals surface area contributed by atoms with Gasteiger partial charge in [-0.1, -0.05) is 23.4 Å². The molecule has 0 saturated carbocycles. The fourth-order valence-electron chi connectivity index (χ4n) is 2.39. The van der Waals surface area contributed by atoms with E-state index in [1.807, 2.05) is 12.1 Å². The van der Waals surface area contributed by atoms with E-state index in [9.17, 15) is 20.0 Å². The van der Waals surface area contributed by atoms with Crippen molar-refractivity contribution in [3.8, 4) is 17.1 Å². The maximum absolute atomic E-state index is 12.0. The highest BCUT2D eigenvalue weighted by Gasteiger charge is 2.13. The molecule has 0 atom stereocenters. The first-order valence-corrected chi connectivity index (χ1v) is 9.79. The average molecular weight is 447 g/mol. The van der Waals surface area contributed by atoms with Crippen molar-refractivity contribution in [1.29, 1.82) is 0 Å². The number of aromatic hydroxyl groups is 1. The van der Waals surface area contributed by atoms with Crippen LogP contribution in [0.15, 0.2) is 52.7 Å². The van der Waals surface area contributed by atoms with Crippen LogP contribution in [-0.2, 0) is 11.8 Å². The number of phenols is 1. The van der Waals surface area contributed by atoms with Crippen molar-refractivity contribution in [2.75, 3.05) is 5.75 Å². The summed E-state index contributed by atoms with van der Waals surface area (Å²) in [6.45, 7) is 0. The normalized spacial score (nSPS) is 11.0. The highest BCUT2D eigenvalue weighted by atomic mass is 35.5. The van der Waals surface area contributed by atoms with Gasteiger partial charge in [0.25, 0.3) is 11.6 Å². The van der Waals surface area contributed by atoms with Crippen molar-refractivity contribution in [3.05, 3.63) is 63.2 Å². The summed E-state index contributed by atoms with van der Waals surface area (Å²) in [4.78, 5) is 22.2. The molecule has 1 amide bonds. The van der Waals surface area contributed by atoms with Gasteiger partial charge in [0.15, 0.2) is 11.0 Å². The van der Waals surface area contributed by atoms with Crippen LogP contribution in [0.25, 0.3) is 11.4 Å². The fraction of sp³-hybridized carbons (Fsp3) is 0.111. The standard InChI is InChI=1S/C18H15ClN6O4S/c1-24-17(11-2-4-13(19)5-3-11)22-23-18(24)30-10-16(27)21-20-9-12-8-14(25(28)29)6-7-15(12)26/h2-9,26H,10H2,1H3,(H,21,27). The van der Waals surface area contributed by atoms with Crippen molar-refractivity contribution >= 4 is 41.2 Å². The molecule has 3 rings (SSSR count). The van der Waals surface area contributed by atoms with Gasteiger partial charge in [-0.2, -0.15) is 5.10 Å². The third-order valence-corrected chi connectivity index (χ3v) is 5.16. The number of phenolic OH excluding ortho intramolecular Hbond substituents is 1. The van der Waals surface area contributed by atoms with Crippen molar-refractivity contribution in [1.82, 2.24) is 20.2 Å². The van der Waals surface area contributed by atoms with E-state index in [2.05, 4.69) is 20.7 Å². The van der Waals surface area contributed by atoms with Gasteiger partial charge in [-0.3, -0.25) is 14.9 Å². The van der Waals surface area contributed by atoms with Gasteiger partial charge in [0.2, 0.25) is 0 Å². The number of carbonyl (C=O) groups excluding carboxylic acids is 1. The number of carbonyl (C=O) groups is 1. The third kappa shape index (κ3) is 5.13. The van der Waals surface area contributed by atoms with Gasteiger partial charge in [0.05, 0.1) is 16.9 Å². The van der Waals surface area contributed by atoms with Gasteiger partial charge in [-0.25, -0.2) is 5.43 Å². The first-order chi connectivity index (χ1) is 14.3. The van der Waals surface area contributed by atoms with Crippen molar-refractivity contribution in [3.63, 3.8) is 0 Å². The number of thioether (sulfide) groups is 1. The molecule has 0 radical (unpaired) electrons. The second kappa shape index (κ2) is 9.37. The van der Waals surface area contributed by atoms with E-state index < -0.39 is 10.8 Å². The predicted molar refractivity (Wildman–Crippen MR) is 113 cm³/mol. The van der Waals surface area contributed by atoms with Crippen molar-refractivity contribution in [2.24, 2.45) is 12.1 Å². The Morgan fingerprint density at radius 2 is 2.07 bits per heavy atom. The van der Waals surface area contributed by atoms with Crippen LogP contribution in [0.5, 0.6) is 5.75 Å². The van der Waals surface area contributed by atoms with E-state index in [1.165, 1.54) is 23.9 Å². The van der Waals surface area contributed by atoms with E-state index in [4.69, 9.17) is 11.6 Å². The maximum Gasteiger partial charge on any atom is 0.270 e. The lowest BCUT2D eigenvalue weighted by atomic mass is 10.2. The molecule has 10 nitrogen and oxygen atoms in total. The summed E-state index contributed by atoms with van der Waals surface area (Å²) >= 11 is 7.06. The number of amides is 1. The Hall–Kier alpha value is -3.44. The van der Waals surface area contributed by atoms with Crippen LogP contribution < -0.4 is 5.43 Å². The molecule has 0 spiro atoms. The van der Waals surface area contributed by atoms with Gasteiger partial charge in [0.1, 0.15) is 5.75 Å².